The Balaban J connectivity index is 2.09. The predicted octanol–water partition coefficient (Wildman–Crippen LogP) is 4.62. The van der Waals surface area contributed by atoms with E-state index >= 15 is 0 Å². The summed E-state index contributed by atoms with van der Waals surface area (Å²) in [6.07, 6.45) is 10.8. The highest BCUT2D eigenvalue weighted by Gasteiger charge is 2.20. The number of pyridine rings is 1. The van der Waals surface area contributed by atoms with Crippen LogP contribution in [0.5, 0.6) is 0 Å². The summed E-state index contributed by atoms with van der Waals surface area (Å²) >= 11 is 0. The summed E-state index contributed by atoms with van der Waals surface area (Å²) in [6.45, 7) is 6.19. The minimum atomic E-state index is 0.901. The molecule has 1 heterocycles. The zero-order chi connectivity index (χ0) is 15.9. The van der Waals surface area contributed by atoms with Crippen LogP contribution in [0.2, 0.25) is 0 Å². The van der Waals surface area contributed by atoms with Crippen LogP contribution in [-0.2, 0) is 6.42 Å². The smallest absolute Gasteiger partial charge is 0.0845 e. The standard InChI is InChI=1S/C19H27N3/c1-4-6-7-8-9-15-13-18-16(19(15)20)10-11-17(22-18)14(3)21-12-5-2/h5,10-12H,4,6-9,13,20H2,1-3H3/b12-5-,21-14+. The molecule has 22 heavy (non-hydrogen) atoms. The van der Waals surface area contributed by atoms with E-state index in [2.05, 4.69) is 18.0 Å². The van der Waals surface area contributed by atoms with Crippen molar-refractivity contribution in [2.75, 3.05) is 0 Å². The van der Waals surface area contributed by atoms with Crippen LogP contribution in [0.3, 0.4) is 0 Å². The minimum absolute atomic E-state index is 0.901. The second-order valence-electron chi connectivity index (χ2n) is 5.89. The second-order valence-corrected chi connectivity index (χ2v) is 5.89. The fourth-order valence-electron chi connectivity index (χ4n) is 2.81. The molecule has 118 valence electrons. The lowest BCUT2D eigenvalue weighted by molar-refractivity contribution is 0.660. The molecule has 0 spiro atoms. The summed E-state index contributed by atoms with van der Waals surface area (Å²) in [5, 5.41) is 0. The maximum Gasteiger partial charge on any atom is 0.0845 e. The normalized spacial score (nSPS) is 15.0. The van der Waals surface area contributed by atoms with Crippen LogP contribution in [0, 0.1) is 0 Å². The summed E-state index contributed by atoms with van der Waals surface area (Å²) in [7, 11) is 0. The van der Waals surface area contributed by atoms with E-state index in [1.807, 2.05) is 26.0 Å². The monoisotopic (exact) mass is 297 g/mol. The molecular weight excluding hydrogens is 270 g/mol. The van der Waals surface area contributed by atoms with Gasteiger partial charge in [-0.15, -0.1) is 0 Å². The van der Waals surface area contributed by atoms with Crippen molar-refractivity contribution in [3.05, 3.63) is 46.9 Å². The first-order valence-corrected chi connectivity index (χ1v) is 8.31. The molecule has 1 aromatic rings. The van der Waals surface area contributed by atoms with E-state index in [4.69, 9.17) is 10.7 Å². The summed E-state index contributed by atoms with van der Waals surface area (Å²) in [5.74, 6) is 0. The number of nitrogens with two attached hydrogens (primary N) is 1. The van der Waals surface area contributed by atoms with Crippen molar-refractivity contribution in [1.29, 1.82) is 0 Å². The Labute approximate surface area is 134 Å². The number of hydrogen-bond acceptors (Lipinski definition) is 3. The van der Waals surface area contributed by atoms with Gasteiger partial charge in [-0.1, -0.05) is 32.3 Å². The number of unbranched alkanes of at least 4 members (excludes halogenated alkanes) is 3. The van der Waals surface area contributed by atoms with Crippen molar-refractivity contribution in [3.63, 3.8) is 0 Å². The Bertz CT molecular complexity index is 609. The molecule has 0 saturated carbocycles. The zero-order valence-electron chi connectivity index (χ0n) is 14.0. The average molecular weight is 297 g/mol. The topological polar surface area (TPSA) is 51.3 Å². The number of rotatable bonds is 7. The van der Waals surface area contributed by atoms with Crippen molar-refractivity contribution in [1.82, 2.24) is 4.98 Å². The highest BCUT2D eigenvalue weighted by molar-refractivity contribution is 5.97. The summed E-state index contributed by atoms with van der Waals surface area (Å²) < 4.78 is 0. The van der Waals surface area contributed by atoms with Crippen molar-refractivity contribution in [2.24, 2.45) is 10.7 Å². The molecule has 3 nitrogen and oxygen atoms in total. The lowest BCUT2D eigenvalue weighted by atomic mass is 10.0. The third kappa shape index (κ3) is 3.85. The summed E-state index contributed by atoms with van der Waals surface area (Å²) in [5.41, 5.74) is 12.7. The SMILES string of the molecule is C/C=C\N=C(/C)c1ccc2c(n1)CC(CCCCCC)=C2N. The van der Waals surface area contributed by atoms with E-state index in [-0.39, 0.29) is 0 Å². The van der Waals surface area contributed by atoms with Crippen LogP contribution >= 0.6 is 0 Å². The number of nitrogens with zero attached hydrogens (tertiary/aromatic N) is 2. The van der Waals surface area contributed by atoms with E-state index in [1.165, 1.54) is 31.3 Å². The third-order valence-corrected chi connectivity index (χ3v) is 4.15. The maximum absolute atomic E-state index is 6.31. The van der Waals surface area contributed by atoms with Gasteiger partial charge in [0.15, 0.2) is 0 Å². The molecule has 0 atom stereocenters. The Morgan fingerprint density at radius 2 is 2.14 bits per heavy atom. The van der Waals surface area contributed by atoms with Crippen molar-refractivity contribution >= 4 is 11.4 Å². The van der Waals surface area contributed by atoms with Gasteiger partial charge < -0.3 is 5.73 Å². The molecule has 0 unspecified atom stereocenters. The first kappa shape index (κ1) is 16.5. The Kier molecular flexibility index (Phi) is 5.93. The molecule has 0 aromatic carbocycles. The van der Waals surface area contributed by atoms with Crippen molar-refractivity contribution in [2.45, 2.75) is 59.3 Å². The van der Waals surface area contributed by atoms with E-state index in [0.29, 0.717) is 0 Å². The Morgan fingerprint density at radius 1 is 1.32 bits per heavy atom. The fourth-order valence-corrected chi connectivity index (χ4v) is 2.81. The second kappa shape index (κ2) is 7.92. The number of fused-ring (bicyclic) bond motifs is 1. The van der Waals surface area contributed by atoms with Gasteiger partial charge in [-0.2, -0.15) is 0 Å². The largest absolute Gasteiger partial charge is 0.398 e. The van der Waals surface area contributed by atoms with E-state index in [9.17, 15) is 0 Å². The van der Waals surface area contributed by atoms with Gasteiger partial charge in [-0.25, -0.2) is 0 Å². The number of allylic oxidation sites excluding steroid dienone is 2. The Morgan fingerprint density at radius 3 is 2.86 bits per heavy atom. The van der Waals surface area contributed by atoms with Gasteiger partial charge in [0.05, 0.1) is 17.1 Å². The van der Waals surface area contributed by atoms with Gasteiger partial charge in [-0.05, 0) is 44.4 Å². The van der Waals surface area contributed by atoms with Gasteiger partial charge in [0, 0.05) is 23.9 Å². The molecular formula is C19H27N3. The number of hydrogen-bond donors (Lipinski definition) is 1. The van der Waals surface area contributed by atoms with E-state index in [0.717, 1.165) is 41.2 Å². The van der Waals surface area contributed by atoms with Crippen LogP contribution in [0.15, 0.2) is 35.0 Å². The first-order chi connectivity index (χ1) is 10.7. The molecule has 1 aliphatic rings. The van der Waals surface area contributed by atoms with Gasteiger partial charge in [0.2, 0.25) is 0 Å². The van der Waals surface area contributed by atoms with Gasteiger partial charge in [0.1, 0.15) is 0 Å². The lowest BCUT2D eigenvalue weighted by Crippen LogP contribution is -2.03. The van der Waals surface area contributed by atoms with E-state index < -0.39 is 0 Å². The fraction of sp³-hybridized carbons (Fsp3) is 0.474. The zero-order valence-corrected chi connectivity index (χ0v) is 14.0. The van der Waals surface area contributed by atoms with Crippen LogP contribution in [0.1, 0.15) is 69.8 Å². The highest BCUT2D eigenvalue weighted by atomic mass is 14.8. The number of aliphatic imine (C=N–C) groups is 1. The molecule has 2 N–H and O–H groups in total. The quantitative estimate of drug-likeness (QED) is 0.589. The molecule has 2 rings (SSSR count). The van der Waals surface area contributed by atoms with Crippen molar-refractivity contribution < 1.29 is 0 Å². The predicted molar refractivity (Wildman–Crippen MR) is 94.8 cm³/mol. The first-order valence-electron chi connectivity index (χ1n) is 8.31. The molecule has 1 aliphatic carbocycles. The van der Waals surface area contributed by atoms with E-state index in [1.54, 1.807) is 6.20 Å². The van der Waals surface area contributed by atoms with Crippen LogP contribution in [0.4, 0.5) is 0 Å². The summed E-state index contributed by atoms with van der Waals surface area (Å²) in [6, 6.07) is 4.12. The van der Waals surface area contributed by atoms with Crippen molar-refractivity contribution in [3.8, 4) is 0 Å². The van der Waals surface area contributed by atoms with Crippen LogP contribution in [-0.4, -0.2) is 10.7 Å². The van der Waals surface area contributed by atoms with Crippen LogP contribution in [0.25, 0.3) is 5.70 Å². The molecule has 0 aliphatic heterocycles. The molecule has 1 aromatic heterocycles. The number of aromatic nitrogens is 1. The average Bonchev–Trinajstić information content (AvgIpc) is 2.85. The molecule has 0 fully saturated rings. The van der Waals surface area contributed by atoms with Gasteiger partial charge >= 0.3 is 0 Å². The Hall–Kier alpha value is -1.90. The van der Waals surface area contributed by atoms with Crippen LogP contribution < -0.4 is 5.73 Å². The van der Waals surface area contributed by atoms with Gasteiger partial charge in [0.25, 0.3) is 0 Å². The van der Waals surface area contributed by atoms with Gasteiger partial charge in [-0.3, -0.25) is 9.98 Å². The summed E-state index contributed by atoms with van der Waals surface area (Å²) in [4.78, 5) is 9.14. The maximum atomic E-state index is 6.31. The molecule has 0 radical (unpaired) electrons. The highest BCUT2D eigenvalue weighted by Crippen LogP contribution is 2.31. The molecule has 3 heteroatoms. The lowest BCUT2D eigenvalue weighted by Gasteiger charge is -2.04. The molecule has 0 amide bonds. The minimum Gasteiger partial charge on any atom is -0.398 e. The molecule has 0 saturated heterocycles. The third-order valence-electron chi connectivity index (χ3n) is 4.15. The molecule has 0 bridgehead atoms.